The zero-order chi connectivity index (χ0) is 17.9. The molecule has 1 N–H and O–H groups in total. The maximum atomic E-state index is 5.71. The number of morpholine rings is 1. The van der Waals surface area contributed by atoms with Crippen LogP contribution in [0.1, 0.15) is 23.5 Å². The molecule has 0 aliphatic carbocycles. The van der Waals surface area contributed by atoms with Gasteiger partial charge in [-0.2, -0.15) is 0 Å². The van der Waals surface area contributed by atoms with E-state index in [-0.39, 0.29) is 12.1 Å². The largest absolute Gasteiger partial charge is 0.379 e. The van der Waals surface area contributed by atoms with E-state index in [0.29, 0.717) is 0 Å². The van der Waals surface area contributed by atoms with Crippen LogP contribution in [0.4, 0.5) is 0 Å². The van der Waals surface area contributed by atoms with Crippen LogP contribution >= 0.6 is 12.2 Å². The first kappa shape index (κ1) is 17.5. The van der Waals surface area contributed by atoms with Crippen molar-refractivity contribution in [3.05, 3.63) is 54.1 Å². The first-order chi connectivity index (χ1) is 12.7. The van der Waals surface area contributed by atoms with Crippen LogP contribution in [0.3, 0.4) is 0 Å². The molecule has 2 aromatic rings. The number of aryl methyl sites for hydroxylation is 1. The van der Waals surface area contributed by atoms with Crippen molar-refractivity contribution >= 4 is 17.3 Å². The number of hydrogen-bond donors (Lipinski definition) is 1. The minimum atomic E-state index is 0.0574. The van der Waals surface area contributed by atoms with Gasteiger partial charge in [-0.3, -0.25) is 9.88 Å². The molecular weight excluding hydrogens is 346 g/mol. The van der Waals surface area contributed by atoms with Crippen LogP contribution in [-0.4, -0.2) is 63.9 Å². The molecule has 0 saturated carbocycles. The highest BCUT2D eigenvalue weighted by molar-refractivity contribution is 7.80. The van der Waals surface area contributed by atoms with Crippen LogP contribution in [0.15, 0.2) is 42.7 Å². The number of nitrogens with one attached hydrogen (secondary N) is 1. The predicted molar refractivity (Wildman–Crippen MR) is 105 cm³/mol. The number of aromatic nitrogens is 2. The van der Waals surface area contributed by atoms with E-state index in [0.717, 1.165) is 50.2 Å². The fourth-order valence-electron chi connectivity index (χ4n) is 3.82. The van der Waals surface area contributed by atoms with E-state index in [2.05, 4.69) is 56.1 Å². The van der Waals surface area contributed by atoms with E-state index in [1.54, 1.807) is 0 Å². The van der Waals surface area contributed by atoms with Crippen molar-refractivity contribution < 1.29 is 4.74 Å². The Kier molecular flexibility index (Phi) is 5.19. The Morgan fingerprint density at radius 3 is 2.73 bits per heavy atom. The molecule has 26 heavy (non-hydrogen) atoms. The third kappa shape index (κ3) is 3.47. The summed E-state index contributed by atoms with van der Waals surface area (Å²) in [6, 6.07) is 10.5. The normalized spacial score (nSPS) is 24.0. The van der Waals surface area contributed by atoms with Gasteiger partial charge in [-0.15, -0.1) is 0 Å². The molecule has 2 aliphatic heterocycles. The number of thiocarbonyl (C=S) groups is 1. The third-order valence-corrected chi connectivity index (χ3v) is 5.60. The van der Waals surface area contributed by atoms with Crippen molar-refractivity contribution in [1.82, 2.24) is 24.7 Å². The van der Waals surface area contributed by atoms with Gasteiger partial charge in [-0.25, -0.2) is 0 Å². The van der Waals surface area contributed by atoms with Crippen LogP contribution in [-0.2, 0) is 11.8 Å². The van der Waals surface area contributed by atoms with E-state index in [9.17, 15) is 0 Å². The number of hydrogen-bond acceptors (Lipinski definition) is 4. The van der Waals surface area contributed by atoms with E-state index < -0.39 is 0 Å². The van der Waals surface area contributed by atoms with Crippen molar-refractivity contribution in [3.8, 4) is 0 Å². The van der Waals surface area contributed by atoms with Crippen molar-refractivity contribution in [2.45, 2.75) is 12.1 Å². The summed E-state index contributed by atoms with van der Waals surface area (Å²) in [4.78, 5) is 9.35. The highest BCUT2D eigenvalue weighted by Crippen LogP contribution is 2.38. The summed E-state index contributed by atoms with van der Waals surface area (Å²) < 4.78 is 7.64. The highest BCUT2D eigenvalue weighted by atomic mass is 32.1. The molecule has 0 unspecified atom stereocenters. The SMILES string of the molecule is Cn1cccc1[C@@H]1[C@@H](c2ccccn2)NC(=S)N1CCN1CCOCC1. The van der Waals surface area contributed by atoms with Gasteiger partial charge in [-0.05, 0) is 36.5 Å². The lowest BCUT2D eigenvalue weighted by Gasteiger charge is -2.32. The zero-order valence-electron chi connectivity index (χ0n) is 15.0. The van der Waals surface area contributed by atoms with Crippen LogP contribution in [0.25, 0.3) is 0 Å². The highest BCUT2D eigenvalue weighted by Gasteiger charge is 2.40. The second kappa shape index (κ2) is 7.73. The van der Waals surface area contributed by atoms with Crippen LogP contribution in [0.5, 0.6) is 0 Å². The number of rotatable bonds is 5. The Morgan fingerprint density at radius 1 is 1.19 bits per heavy atom. The Labute approximate surface area is 159 Å². The summed E-state index contributed by atoms with van der Waals surface area (Å²) in [6.45, 7) is 5.51. The van der Waals surface area contributed by atoms with Crippen molar-refractivity contribution in [2.24, 2.45) is 7.05 Å². The van der Waals surface area contributed by atoms with E-state index in [1.807, 2.05) is 18.3 Å². The van der Waals surface area contributed by atoms with Gasteiger partial charge in [0.1, 0.15) is 0 Å². The quantitative estimate of drug-likeness (QED) is 0.808. The van der Waals surface area contributed by atoms with Gasteiger partial charge in [0.25, 0.3) is 0 Å². The average molecular weight is 372 g/mol. The lowest BCUT2D eigenvalue weighted by atomic mass is 10.0. The molecule has 4 heterocycles. The Hall–Kier alpha value is -1.96. The fraction of sp³-hybridized carbons (Fsp3) is 0.474. The molecule has 0 spiro atoms. The Bertz CT molecular complexity index is 743. The number of nitrogens with zero attached hydrogens (tertiary/aromatic N) is 4. The summed E-state index contributed by atoms with van der Waals surface area (Å²) in [5, 5.41) is 4.32. The molecule has 0 aromatic carbocycles. The summed E-state index contributed by atoms with van der Waals surface area (Å²) in [6.07, 6.45) is 3.94. The molecule has 0 radical (unpaired) electrons. The lowest BCUT2D eigenvalue weighted by molar-refractivity contribution is 0.0349. The fourth-order valence-corrected chi connectivity index (χ4v) is 4.16. The van der Waals surface area contributed by atoms with Crippen LogP contribution in [0.2, 0.25) is 0 Å². The molecule has 2 aliphatic rings. The lowest BCUT2D eigenvalue weighted by Crippen LogP contribution is -2.42. The Balaban J connectivity index is 1.59. The summed E-state index contributed by atoms with van der Waals surface area (Å²) in [7, 11) is 2.09. The van der Waals surface area contributed by atoms with E-state index in [4.69, 9.17) is 17.0 Å². The van der Waals surface area contributed by atoms with E-state index in [1.165, 1.54) is 5.69 Å². The second-order valence-electron chi connectivity index (χ2n) is 6.82. The summed E-state index contributed by atoms with van der Waals surface area (Å²) >= 11 is 5.71. The topological polar surface area (TPSA) is 45.6 Å². The van der Waals surface area contributed by atoms with Crippen molar-refractivity contribution in [2.75, 3.05) is 39.4 Å². The molecule has 2 fully saturated rings. The first-order valence-corrected chi connectivity index (χ1v) is 9.54. The van der Waals surface area contributed by atoms with Gasteiger partial charge in [0.2, 0.25) is 0 Å². The molecule has 2 atom stereocenters. The third-order valence-electron chi connectivity index (χ3n) is 5.25. The number of pyridine rings is 1. The molecule has 0 bridgehead atoms. The van der Waals surface area contributed by atoms with Gasteiger partial charge >= 0.3 is 0 Å². The predicted octanol–water partition coefficient (Wildman–Crippen LogP) is 1.72. The van der Waals surface area contributed by atoms with Gasteiger partial charge < -0.3 is 19.5 Å². The number of ether oxygens (including phenoxy) is 1. The maximum Gasteiger partial charge on any atom is 0.170 e. The zero-order valence-corrected chi connectivity index (χ0v) is 15.9. The van der Waals surface area contributed by atoms with Gasteiger partial charge in [0.05, 0.1) is 31.0 Å². The van der Waals surface area contributed by atoms with Crippen LogP contribution in [0, 0.1) is 0 Å². The minimum absolute atomic E-state index is 0.0574. The smallest absolute Gasteiger partial charge is 0.170 e. The summed E-state index contributed by atoms with van der Waals surface area (Å²) in [5.74, 6) is 0. The molecule has 2 saturated heterocycles. The van der Waals surface area contributed by atoms with E-state index >= 15 is 0 Å². The molecule has 4 rings (SSSR count). The van der Waals surface area contributed by atoms with Gasteiger partial charge in [-0.1, -0.05) is 6.07 Å². The molecule has 138 valence electrons. The average Bonchev–Trinajstić information content (AvgIpc) is 3.24. The molecule has 7 heteroatoms. The maximum absolute atomic E-state index is 5.71. The molecule has 6 nitrogen and oxygen atoms in total. The van der Waals surface area contributed by atoms with Crippen molar-refractivity contribution in [3.63, 3.8) is 0 Å². The van der Waals surface area contributed by atoms with Crippen molar-refractivity contribution in [1.29, 1.82) is 0 Å². The standard InChI is InChI=1S/C19H25N5OS/c1-22-8-4-6-16(22)18-17(15-5-2-3-7-20-15)21-19(26)24(18)10-9-23-11-13-25-14-12-23/h2-8,17-18H,9-14H2,1H3,(H,21,26)/t17-,18-/m1/s1. The monoisotopic (exact) mass is 371 g/mol. The Morgan fingerprint density at radius 2 is 2.04 bits per heavy atom. The second-order valence-corrected chi connectivity index (χ2v) is 7.20. The molecule has 0 amide bonds. The van der Waals surface area contributed by atoms with Gasteiger partial charge in [0.15, 0.2) is 5.11 Å². The summed E-state index contributed by atoms with van der Waals surface area (Å²) in [5.41, 5.74) is 2.27. The van der Waals surface area contributed by atoms with Gasteiger partial charge in [0, 0.05) is 51.3 Å². The first-order valence-electron chi connectivity index (χ1n) is 9.13. The molecular formula is C19H25N5OS. The minimum Gasteiger partial charge on any atom is -0.379 e. The van der Waals surface area contributed by atoms with Crippen LogP contribution < -0.4 is 5.32 Å². The molecule has 2 aromatic heterocycles.